The second-order valence-corrected chi connectivity index (χ2v) is 6.82. The van der Waals surface area contributed by atoms with Crippen molar-refractivity contribution in [3.8, 4) is 11.4 Å². The van der Waals surface area contributed by atoms with Gasteiger partial charge in [0.05, 0.1) is 5.75 Å². The molecule has 28 heavy (non-hydrogen) atoms. The van der Waals surface area contributed by atoms with Crippen molar-refractivity contribution in [1.29, 1.82) is 0 Å². The average molecular weight is 399 g/mol. The van der Waals surface area contributed by atoms with Crippen molar-refractivity contribution in [1.82, 2.24) is 25.4 Å². The van der Waals surface area contributed by atoms with Gasteiger partial charge in [0, 0.05) is 19.2 Å². The van der Waals surface area contributed by atoms with Crippen molar-refractivity contribution < 1.29 is 14.0 Å². The van der Waals surface area contributed by atoms with Gasteiger partial charge in [-0.3, -0.25) is 10.1 Å². The van der Waals surface area contributed by atoms with E-state index in [-0.39, 0.29) is 11.6 Å². The van der Waals surface area contributed by atoms with Crippen LogP contribution in [0.25, 0.3) is 11.4 Å². The fourth-order valence-electron chi connectivity index (χ4n) is 2.41. The summed E-state index contributed by atoms with van der Waals surface area (Å²) >= 11 is 1.15. The Morgan fingerprint density at radius 2 is 1.79 bits per heavy atom. The van der Waals surface area contributed by atoms with Gasteiger partial charge in [0.25, 0.3) is 0 Å². The van der Waals surface area contributed by atoms with Crippen LogP contribution in [0.15, 0.2) is 59.8 Å². The predicted molar refractivity (Wildman–Crippen MR) is 104 cm³/mol. The van der Waals surface area contributed by atoms with Gasteiger partial charge in [-0.25, -0.2) is 9.18 Å². The molecule has 1 aromatic heterocycles. The van der Waals surface area contributed by atoms with Crippen LogP contribution < -0.4 is 10.6 Å². The number of hydrogen-bond donors (Lipinski definition) is 2. The zero-order chi connectivity index (χ0) is 19.9. The van der Waals surface area contributed by atoms with E-state index in [1.807, 2.05) is 30.3 Å². The van der Waals surface area contributed by atoms with E-state index < -0.39 is 11.9 Å². The fourth-order valence-corrected chi connectivity index (χ4v) is 3.12. The number of halogens is 1. The van der Waals surface area contributed by atoms with Crippen LogP contribution in [-0.2, 0) is 18.4 Å². The third-order valence-electron chi connectivity index (χ3n) is 3.82. The predicted octanol–water partition coefficient (Wildman–Crippen LogP) is 2.74. The fraction of sp³-hybridized carbons (Fsp3) is 0.158. The Balaban J connectivity index is 1.49. The van der Waals surface area contributed by atoms with Gasteiger partial charge in [0.2, 0.25) is 5.91 Å². The molecule has 3 rings (SSSR count). The number of carbonyl (C=O) groups excluding carboxylic acids is 2. The number of nitrogens with one attached hydrogen (secondary N) is 2. The van der Waals surface area contributed by atoms with Gasteiger partial charge < -0.3 is 9.88 Å². The molecule has 1 heterocycles. The van der Waals surface area contributed by atoms with E-state index in [2.05, 4.69) is 20.8 Å². The molecule has 0 saturated carbocycles. The molecule has 0 fully saturated rings. The zero-order valence-corrected chi connectivity index (χ0v) is 15.9. The van der Waals surface area contributed by atoms with Crippen LogP contribution in [0.1, 0.15) is 5.56 Å². The molecule has 0 aliphatic carbocycles. The number of thioether (sulfide) groups is 1. The molecular weight excluding hydrogens is 381 g/mol. The number of nitrogens with zero attached hydrogens (tertiary/aromatic N) is 3. The lowest BCUT2D eigenvalue weighted by molar-refractivity contribution is -0.117. The van der Waals surface area contributed by atoms with Crippen LogP contribution in [0.5, 0.6) is 0 Å². The maximum absolute atomic E-state index is 13.0. The van der Waals surface area contributed by atoms with Crippen LogP contribution in [-0.4, -0.2) is 32.5 Å². The third-order valence-corrected chi connectivity index (χ3v) is 4.84. The topological polar surface area (TPSA) is 88.9 Å². The van der Waals surface area contributed by atoms with Crippen LogP contribution in [0.3, 0.4) is 0 Å². The molecule has 0 bridgehead atoms. The highest BCUT2D eigenvalue weighted by molar-refractivity contribution is 7.99. The molecule has 9 heteroatoms. The summed E-state index contributed by atoms with van der Waals surface area (Å²) in [6, 6.07) is 14.7. The number of urea groups is 1. The van der Waals surface area contributed by atoms with Crippen molar-refractivity contribution >= 4 is 23.7 Å². The minimum atomic E-state index is -0.556. The third kappa shape index (κ3) is 5.17. The van der Waals surface area contributed by atoms with Crippen molar-refractivity contribution in [3.63, 3.8) is 0 Å². The Bertz CT molecular complexity index is 960. The second-order valence-electron chi connectivity index (χ2n) is 5.88. The standard InChI is InChI=1S/C19H18FN5O2S/c1-25-17(14-7-9-15(20)10-8-14)23-24-19(25)28-12-16(26)22-18(27)21-11-13-5-3-2-4-6-13/h2-10H,11-12H2,1H3,(H2,21,22,26,27). The number of imide groups is 1. The normalized spacial score (nSPS) is 10.5. The number of amides is 3. The van der Waals surface area contributed by atoms with Gasteiger partial charge in [0.15, 0.2) is 11.0 Å². The maximum Gasteiger partial charge on any atom is 0.321 e. The molecule has 0 aliphatic rings. The Labute approximate surface area is 165 Å². The lowest BCUT2D eigenvalue weighted by Gasteiger charge is -2.07. The first-order valence-corrected chi connectivity index (χ1v) is 9.41. The van der Waals surface area contributed by atoms with E-state index in [0.29, 0.717) is 23.1 Å². The minimum absolute atomic E-state index is 0.00808. The first kappa shape index (κ1) is 19.6. The highest BCUT2D eigenvalue weighted by Crippen LogP contribution is 2.22. The molecule has 3 amide bonds. The molecule has 0 spiro atoms. The molecular formula is C19H18FN5O2S. The van der Waals surface area contributed by atoms with E-state index in [1.54, 1.807) is 23.7 Å². The Morgan fingerprint density at radius 3 is 2.50 bits per heavy atom. The Kier molecular flexibility index (Phi) is 6.38. The van der Waals surface area contributed by atoms with E-state index in [4.69, 9.17) is 0 Å². The number of benzene rings is 2. The van der Waals surface area contributed by atoms with Gasteiger partial charge in [-0.2, -0.15) is 0 Å². The molecule has 0 radical (unpaired) electrons. The monoisotopic (exact) mass is 399 g/mol. The summed E-state index contributed by atoms with van der Waals surface area (Å²) in [6.45, 7) is 0.331. The molecule has 2 aromatic carbocycles. The van der Waals surface area contributed by atoms with Gasteiger partial charge in [-0.1, -0.05) is 42.1 Å². The molecule has 0 aliphatic heterocycles. The van der Waals surface area contributed by atoms with Crippen LogP contribution in [0.2, 0.25) is 0 Å². The van der Waals surface area contributed by atoms with Gasteiger partial charge in [-0.05, 0) is 29.8 Å². The first-order valence-electron chi connectivity index (χ1n) is 8.42. The van der Waals surface area contributed by atoms with Crippen LogP contribution in [0.4, 0.5) is 9.18 Å². The molecule has 2 N–H and O–H groups in total. The first-order chi connectivity index (χ1) is 13.5. The lowest BCUT2D eigenvalue weighted by atomic mass is 10.2. The number of rotatable bonds is 6. The summed E-state index contributed by atoms with van der Waals surface area (Å²) in [6.07, 6.45) is 0. The molecule has 7 nitrogen and oxygen atoms in total. The van der Waals surface area contributed by atoms with Crippen molar-refractivity contribution in [3.05, 3.63) is 66.0 Å². The molecule has 0 atom stereocenters. The largest absolute Gasteiger partial charge is 0.334 e. The van der Waals surface area contributed by atoms with Crippen LogP contribution >= 0.6 is 11.8 Å². The number of aromatic nitrogens is 3. The summed E-state index contributed by atoms with van der Waals surface area (Å²) in [7, 11) is 1.76. The molecule has 144 valence electrons. The highest BCUT2D eigenvalue weighted by Gasteiger charge is 2.14. The summed E-state index contributed by atoms with van der Waals surface area (Å²) in [5.74, 6) is -0.207. The molecule has 0 saturated heterocycles. The quantitative estimate of drug-likeness (QED) is 0.622. The Hall–Kier alpha value is -3.20. The maximum atomic E-state index is 13.0. The summed E-state index contributed by atoms with van der Waals surface area (Å²) in [4.78, 5) is 23.8. The van der Waals surface area contributed by atoms with E-state index >= 15 is 0 Å². The molecule has 0 unspecified atom stereocenters. The van der Waals surface area contributed by atoms with Crippen LogP contribution in [0, 0.1) is 5.82 Å². The SMILES string of the molecule is Cn1c(SCC(=O)NC(=O)NCc2ccccc2)nnc1-c1ccc(F)cc1. The van der Waals surface area contributed by atoms with E-state index in [9.17, 15) is 14.0 Å². The summed E-state index contributed by atoms with van der Waals surface area (Å²) < 4.78 is 14.8. The smallest absolute Gasteiger partial charge is 0.321 e. The van der Waals surface area contributed by atoms with Crippen molar-refractivity contribution in [2.24, 2.45) is 7.05 Å². The number of carbonyl (C=O) groups is 2. The average Bonchev–Trinajstić information content (AvgIpc) is 3.07. The second kappa shape index (κ2) is 9.14. The van der Waals surface area contributed by atoms with Gasteiger partial charge in [0.1, 0.15) is 5.82 Å². The highest BCUT2D eigenvalue weighted by atomic mass is 32.2. The molecule has 3 aromatic rings. The van der Waals surface area contributed by atoms with E-state index in [0.717, 1.165) is 17.3 Å². The Morgan fingerprint density at radius 1 is 1.07 bits per heavy atom. The van der Waals surface area contributed by atoms with E-state index in [1.165, 1.54) is 12.1 Å². The zero-order valence-electron chi connectivity index (χ0n) is 15.1. The van der Waals surface area contributed by atoms with Gasteiger partial charge in [-0.15, -0.1) is 10.2 Å². The lowest BCUT2D eigenvalue weighted by Crippen LogP contribution is -2.39. The van der Waals surface area contributed by atoms with Crippen molar-refractivity contribution in [2.45, 2.75) is 11.7 Å². The summed E-state index contributed by atoms with van der Waals surface area (Å²) in [5.41, 5.74) is 1.65. The summed E-state index contributed by atoms with van der Waals surface area (Å²) in [5, 5.41) is 13.5. The number of hydrogen-bond acceptors (Lipinski definition) is 5. The van der Waals surface area contributed by atoms with Crippen molar-refractivity contribution in [2.75, 3.05) is 5.75 Å². The van der Waals surface area contributed by atoms with Gasteiger partial charge >= 0.3 is 6.03 Å². The minimum Gasteiger partial charge on any atom is -0.334 e.